The van der Waals surface area contributed by atoms with Crippen LogP contribution in [0.15, 0.2) is 107 Å². The third-order valence-corrected chi connectivity index (χ3v) is 13.1. The lowest BCUT2D eigenvalue weighted by atomic mass is 9.77. The Morgan fingerprint density at radius 1 is 0.667 bits per heavy atom. The number of halogens is 2. The SMILES string of the molecule is Cc1ccc([C@@H]2CC(=O)[C@@H]3CN(S(=O)(=O)c4ccc(C)cc4)[C@H](c4cccc(Cl)c4)C[C@@H]3N2S(=O)(=O)c2ccc(Cl)cc2)cc1. The molecular formula is C34H32Cl2N2O5S2. The fourth-order valence-corrected chi connectivity index (χ4v) is 10.3. The zero-order valence-corrected chi connectivity index (χ0v) is 27.8. The summed E-state index contributed by atoms with van der Waals surface area (Å²) in [7, 11) is -8.26. The van der Waals surface area contributed by atoms with Crippen molar-refractivity contribution in [3.63, 3.8) is 0 Å². The van der Waals surface area contributed by atoms with Crippen molar-refractivity contribution in [3.8, 4) is 0 Å². The predicted octanol–water partition coefficient (Wildman–Crippen LogP) is 7.14. The van der Waals surface area contributed by atoms with Crippen molar-refractivity contribution in [1.29, 1.82) is 0 Å². The number of ketones is 1. The standard InChI is InChI=1S/C34H32Cl2N2O5S2/c1-22-6-10-24(11-7-22)32-20-34(39)30-21-37(44(40,41)28-14-8-23(2)9-15-28)31(25-4-3-5-27(36)18-25)19-33(30)38(32)45(42,43)29-16-12-26(35)13-17-29/h3-18,30-33H,19-21H2,1-2H3/t30-,31+,32+,33+/m1/s1. The molecule has 4 atom stereocenters. The Kier molecular flexibility index (Phi) is 8.71. The zero-order valence-electron chi connectivity index (χ0n) is 24.7. The van der Waals surface area contributed by atoms with Crippen molar-refractivity contribution in [2.75, 3.05) is 6.54 Å². The van der Waals surface area contributed by atoms with E-state index in [1.165, 1.54) is 32.9 Å². The van der Waals surface area contributed by atoms with E-state index in [0.29, 0.717) is 21.2 Å². The van der Waals surface area contributed by atoms with Crippen LogP contribution in [0.4, 0.5) is 0 Å². The number of nitrogens with zero attached hydrogens (tertiary/aromatic N) is 2. The molecule has 0 N–H and O–H groups in total. The van der Waals surface area contributed by atoms with Gasteiger partial charge in [0.05, 0.1) is 21.9 Å². The first-order chi connectivity index (χ1) is 21.4. The molecule has 0 aliphatic carbocycles. The highest BCUT2D eigenvalue weighted by Crippen LogP contribution is 2.48. The number of piperidine rings is 2. The largest absolute Gasteiger partial charge is 0.299 e. The van der Waals surface area contributed by atoms with Crippen LogP contribution in [0.1, 0.15) is 47.2 Å². The molecule has 2 aliphatic heterocycles. The van der Waals surface area contributed by atoms with Crippen molar-refractivity contribution in [3.05, 3.63) is 129 Å². The van der Waals surface area contributed by atoms with Gasteiger partial charge in [0.15, 0.2) is 0 Å². The van der Waals surface area contributed by atoms with Crippen molar-refractivity contribution in [1.82, 2.24) is 8.61 Å². The predicted molar refractivity (Wildman–Crippen MR) is 175 cm³/mol. The molecule has 0 bridgehead atoms. The Balaban J connectivity index is 1.51. The summed E-state index contributed by atoms with van der Waals surface area (Å²) in [5, 5.41) is 0.816. The van der Waals surface area contributed by atoms with Gasteiger partial charge in [0, 0.05) is 35.0 Å². The molecule has 6 rings (SSSR count). The van der Waals surface area contributed by atoms with Crippen LogP contribution in [-0.2, 0) is 24.8 Å². The Morgan fingerprint density at radius 3 is 1.87 bits per heavy atom. The monoisotopic (exact) mass is 682 g/mol. The van der Waals surface area contributed by atoms with Gasteiger partial charge in [-0.25, -0.2) is 16.8 Å². The normalized spacial score (nSPS) is 23.1. The molecule has 2 aliphatic rings. The van der Waals surface area contributed by atoms with Crippen LogP contribution >= 0.6 is 23.2 Å². The van der Waals surface area contributed by atoms with Crippen LogP contribution in [0.5, 0.6) is 0 Å². The quantitative estimate of drug-likeness (QED) is 0.216. The number of hydrogen-bond donors (Lipinski definition) is 0. The molecule has 4 aromatic rings. The third-order valence-electron chi connectivity index (χ3n) is 8.81. The van der Waals surface area contributed by atoms with Gasteiger partial charge >= 0.3 is 0 Å². The maximum atomic E-state index is 14.6. The lowest BCUT2D eigenvalue weighted by Gasteiger charge is -2.51. The first kappa shape index (κ1) is 31.9. The van der Waals surface area contributed by atoms with Crippen LogP contribution in [0.25, 0.3) is 0 Å². The number of Topliss-reactive ketones (excluding diaryl/α,β-unsaturated/α-hetero) is 1. The summed E-state index contributed by atoms with van der Waals surface area (Å²) in [4.78, 5) is 14.2. The van der Waals surface area contributed by atoms with Crippen LogP contribution in [0, 0.1) is 19.8 Å². The van der Waals surface area contributed by atoms with Gasteiger partial charge < -0.3 is 0 Å². The molecule has 0 unspecified atom stereocenters. The number of carbonyl (C=O) groups excluding carboxylic acids is 1. The second-order valence-corrected chi connectivity index (χ2v) is 16.4. The molecule has 0 aromatic heterocycles. The number of benzene rings is 4. The van der Waals surface area contributed by atoms with E-state index < -0.39 is 44.1 Å². The average molecular weight is 684 g/mol. The first-order valence-electron chi connectivity index (χ1n) is 14.6. The molecule has 0 spiro atoms. The lowest BCUT2D eigenvalue weighted by Crippen LogP contribution is -2.60. The lowest BCUT2D eigenvalue weighted by molar-refractivity contribution is -0.132. The number of carbonyl (C=O) groups is 1. The fraction of sp³-hybridized carbons (Fsp3) is 0.265. The smallest absolute Gasteiger partial charge is 0.243 e. The number of hydrogen-bond acceptors (Lipinski definition) is 5. The molecule has 0 saturated carbocycles. The van der Waals surface area contributed by atoms with Crippen molar-refractivity contribution in [2.45, 2.75) is 54.6 Å². The van der Waals surface area contributed by atoms with Gasteiger partial charge in [0.25, 0.3) is 0 Å². The van der Waals surface area contributed by atoms with Crippen LogP contribution in [0.3, 0.4) is 0 Å². The summed E-state index contributed by atoms with van der Waals surface area (Å²) in [5.74, 6) is -1.06. The summed E-state index contributed by atoms with van der Waals surface area (Å²) in [6, 6.07) is 24.5. The number of rotatable bonds is 6. The number of sulfonamides is 2. The molecule has 2 fully saturated rings. The highest BCUT2D eigenvalue weighted by atomic mass is 35.5. The Bertz CT molecular complexity index is 1950. The molecule has 2 saturated heterocycles. The second-order valence-electron chi connectivity index (χ2n) is 11.8. The Hall–Kier alpha value is -3.05. The van der Waals surface area contributed by atoms with Gasteiger partial charge in [0.1, 0.15) is 5.78 Å². The topological polar surface area (TPSA) is 91.8 Å². The van der Waals surface area contributed by atoms with Crippen molar-refractivity contribution in [2.24, 2.45) is 5.92 Å². The summed E-state index contributed by atoms with van der Waals surface area (Å²) in [5.41, 5.74) is 3.22. The molecule has 0 amide bonds. The van der Waals surface area contributed by atoms with Gasteiger partial charge in [-0.3, -0.25) is 4.79 Å². The number of aryl methyl sites for hydroxylation is 2. The summed E-state index contributed by atoms with van der Waals surface area (Å²) in [6.45, 7) is 3.63. The molecule has 4 aromatic carbocycles. The van der Waals surface area contributed by atoms with E-state index in [2.05, 4.69) is 0 Å². The Morgan fingerprint density at radius 2 is 1.24 bits per heavy atom. The maximum absolute atomic E-state index is 14.6. The third kappa shape index (κ3) is 6.10. The highest BCUT2D eigenvalue weighted by Gasteiger charge is 2.54. The molecule has 234 valence electrons. The van der Waals surface area contributed by atoms with E-state index in [9.17, 15) is 21.6 Å². The minimum atomic E-state index is -4.18. The average Bonchev–Trinajstić information content (AvgIpc) is 3.01. The molecular weight excluding hydrogens is 651 g/mol. The van der Waals surface area contributed by atoms with Gasteiger partial charge in [-0.1, -0.05) is 82.9 Å². The summed E-state index contributed by atoms with van der Waals surface area (Å²) >= 11 is 12.5. The van der Waals surface area contributed by atoms with Crippen molar-refractivity contribution < 1.29 is 21.6 Å². The number of fused-ring (bicyclic) bond motifs is 1. The zero-order chi connectivity index (χ0) is 32.1. The van der Waals surface area contributed by atoms with Crippen molar-refractivity contribution >= 4 is 49.0 Å². The van der Waals surface area contributed by atoms with E-state index in [-0.39, 0.29) is 35.0 Å². The van der Waals surface area contributed by atoms with Gasteiger partial charge in [-0.15, -0.1) is 0 Å². The molecule has 45 heavy (non-hydrogen) atoms. The molecule has 7 nitrogen and oxygen atoms in total. The Labute approximate surface area is 274 Å². The van der Waals surface area contributed by atoms with E-state index in [4.69, 9.17) is 23.2 Å². The van der Waals surface area contributed by atoms with Crippen LogP contribution < -0.4 is 0 Å². The molecule has 2 heterocycles. The summed E-state index contributed by atoms with van der Waals surface area (Å²) < 4.78 is 60.4. The van der Waals surface area contributed by atoms with E-state index in [1.54, 1.807) is 48.5 Å². The molecule has 0 radical (unpaired) electrons. The van der Waals surface area contributed by atoms with Gasteiger partial charge in [-0.05, 0) is 79.9 Å². The fourth-order valence-electron chi connectivity index (χ4n) is 6.47. The van der Waals surface area contributed by atoms with Gasteiger partial charge in [0.2, 0.25) is 20.0 Å². The van der Waals surface area contributed by atoms with E-state index >= 15 is 0 Å². The van der Waals surface area contributed by atoms with Crippen LogP contribution in [0.2, 0.25) is 10.0 Å². The first-order valence-corrected chi connectivity index (χ1v) is 18.2. The minimum Gasteiger partial charge on any atom is -0.299 e. The highest BCUT2D eigenvalue weighted by molar-refractivity contribution is 7.89. The molecule has 11 heteroatoms. The minimum absolute atomic E-state index is 0.0473. The van der Waals surface area contributed by atoms with Gasteiger partial charge in [-0.2, -0.15) is 8.61 Å². The van der Waals surface area contributed by atoms with Crippen LogP contribution in [-0.4, -0.2) is 43.8 Å². The maximum Gasteiger partial charge on any atom is 0.243 e. The second kappa shape index (κ2) is 12.3. The van der Waals surface area contributed by atoms with E-state index in [1.807, 2.05) is 38.1 Å². The van der Waals surface area contributed by atoms with E-state index in [0.717, 1.165) is 11.1 Å². The summed E-state index contributed by atoms with van der Waals surface area (Å²) in [6.07, 6.45) is -0.0334.